The number of aromatic nitrogens is 2. The normalized spacial score (nSPS) is 9.95. The van der Waals surface area contributed by atoms with Gasteiger partial charge in [-0.25, -0.2) is 4.79 Å². The molecule has 0 aliphatic carbocycles. The van der Waals surface area contributed by atoms with Gasteiger partial charge in [0.2, 0.25) is 0 Å². The number of pyridine rings is 2. The summed E-state index contributed by atoms with van der Waals surface area (Å²) < 4.78 is 0. The van der Waals surface area contributed by atoms with Crippen LogP contribution >= 0.6 is 0 Å². The summed E-state index contributed by atoms with van der Waals surface area (Å²) in [7, 11) is 1.75. The summed E-state index contributed by atoms with van der Waals surface area (Å²) in [5.41, 5.74) is 1.84. The average Bonchev–Trinajstić information content (AvgIpc) is 2.47. The third-order valence-electron chi connectivity index (χ3n) is 2.64. The highest BCUT2D eigenvalue weighted by atomic mass is 16.2. The Morgan fingerprint density at radius 1 is 1.26 bits per heavy atom. The molecule has 0 radical (unpaired) electrons. The first-order chi connectivity index (χ1) is 9.25. The molecule has 5 heteroatoms. The zero-order chi connectivity index (χ0) is 13.5. The Kier molecular flexibility index (Phi) is 4.44. The molecule has 0 atom stereocenters. The van der Waals surface area contributed by atoms with Crippen LogP contribution in [0.25, 0.3) is 0 Å². The van der Waals surface area contributed by atoms with Crippen molar-refractivity contribution >= 4 is 6.03 Å². The molecule has 5 nitrogen and oxygen atoms in total. The quantitative estimate of drug-likeness (QED) is 0.907. The van der Waals surface area contributed by atoms with Crippen LogP contribution in [0, 0.1) is 0 Å². The van der Waals surface area contributed by atoms with Crippen LogP contribution in [-0.4, -0.2) is 27.9 Å². The number of rotatable bonds is 4. The van der Waals surface area contributed by atoms with Crippen molar-refractivity contribution in [3.05, 3.63) is 60.2 Å². The molecule has 0 unspecified atom stereocenters. The number of carbonyl (C=O) groups excluding carboxylic acids is 1. The maximum atomic E-state index is 11.9. The molecule has 2 heterocycles. The van der Waals surface area contributed by atoms with E-state index in [1.54, 1.807) is 30.5 Å². The minimum Gasteiger partial charge on any atom is -0.332 e. The van der Waals surface area contributed by atoms with Gasteiger partial charge in [0.25, 0.3) is 0 Å². The van der Waals surface area contributed by atoms with Crippen LogP contribution in [0.3, 0.4) is 0 Å². The van der Waals surface area contributed by atoms with Gasteiger partial charge in [0.05, 0.1) is 12.2 Å². The Labute approximate surface area is 112 Å². The van der Waals surface area contributed by atoms with Gasteiger partial charge in [-0.05, 0) is 23.8 Å². The fourth-order valence-electron chi connectivity index (χ4n) is 1.64. The lowest BCUT2D eigenvalue weighted by molar-refractivity contribution is 0.206. The first-order valence-corrected chi connectivity index (χ1v) is 6.03. The van der Waals surface area contributed by atoms with Gasteiger partial charge in [-0.1, -0.05) is 12.1 Å². The lowest BCUT2D eigenvalue weighted by atomic mass is 10.3. The van der Waals surface area contributed by atoms with Gasteiger partial charge in [0.1, 0.15) is 0 Å². The minimum atomic E-state index is -0.130. The van der Waals surface area contributed by atoms with Crippen molar-refractivity contribution in [1.29, 1.82) is 0 Å². The molecule has 2 aromatic heterocycles. The van der Waals surface area contributed by atoms with Gasteiger partial charge in [0.15, 0.2) is 0 Å². The summed E-state index contributed by atoms with van der Waals surface area (Å²) in [4.78, 5) is 21.7. The predicted octanol–water partition coefficient (Wildman–Crippen LogP) is 1.82. The molecule has 0 aromatic carbocycles. The molecule has 1 N–H and O–H groups in total. The monoisotopic (exact) mass is 256 g/mol. The Morgan fingerprint density at radius 3 is 2.84 bits per heavy atom. The van der Waals surface area contributed by atoms with Crippen LogP contribution in [0.15, 0.2) is 48.9 Å². The summed E-state index contributed by atoms with van der Waals surface area (Å²) in [6.45, 7) is 0.957. The third-order valence-corrected chi connectivity index (χ3v) is 2.64. The second kappa shape index (κ2) is 6.49. The van der Waals surface area contributed by atoms with Gasteiger partial charge in [-0.15, -0.1) is 0 Å². The van der Waals surface area contributed by atoms with Gasteiger partial charge < -0.3 is 10.2 Å². The van der Waals surface area contributed by atoms with Crippen molar-refractivity contribution in [3.63, 3.8) is 0 Å². The molecule has 0 bridgehead atoms. The summed E-state index contributed by atoms with van der Waals surface area (Å²) in [5.74, 6) is 0. The molecule has 98 valence electrons. The Hall–Kier alpha value is -2.43. The highest BCUT2D eigenvalue weighted by Gasteiger charge is 2.08. The second-order valence-electron chi connectivity index (χ2n) is 4.20. The second-order valence-corrected chi connectivity index (χ2v) is 4.20. The number of nitrogens with zero attached hydrogens (tertiary/aromatic N) is 3. The van der Waals surface area contributed by atoms with Crippen molar-refractivity contribution in [2.75, 3.05) is 7.05 Å². The van der Waals surface area contributed by atoms with Crippen LogP contribution in [-0.2, 0) is 13.1 Å². The van der Waals surface area contributed by atoms with Gasteiger partial charge >= 0.3 is 6.03 Å². The van der Waals surface area contributed by atoms with E-state index in [1.807, 2.05) is 30.3 Å². The lowest BCUT2D eigenvalue weighted by Crippen LogP contribution is -2.36. The van der Waals surface area contributed by atoms with Crippen molar-refractivity contribution in [3.8, 4) is 0 Å². The average molecular weight is 256 g/mol. The molecule has 0 aliphatic rings. The Morgan fingerprint density at radius 2 is 2.16 bits per heavy atom. The van der Waals surface area contributed by atoms with E-state index in [0.717, 1.165) is 11.3 Å². The zero-order valence-electron chi connectivity index (χ0n) is 10.8. The van der Waals surface area contributed by atoms with Crippen LogP contribution in [0.5, 0.6) is 0 Å². The van der Waals surface area contributed by atoms with E-state index in [4.69, 9.17) is 0 Å². The van der Waals surface area contributed by atoms with E-state index in [2.05, 4.69) is 15.3 Å². The van der Waals surface area contributed by atoms with Gasteiger partial charge in [0, 0.05) is 32.2 Å². The maximum Gasteiger partial charge on any atom is 0.317 e. The van der Waals surface area contributed by atoms with E-state index >= 15 is 0 Å². The maximum absolute atomic E-state index is 11.9. The standard InChI is InChI=1S/C14H16N4O/c1-18(11-12-5-4-7-15-9-12)14(19)17-10-13-6-2-3-8-16-13/h2-9H,10-11H2,1H3,(H,17,19). The van der Waals surface area contributed by atoms with Crippen LogP contribution in [0.1, 0.15) is 11.3 Å². The number of carbonyl (C=O) groups is 1. The van der Waals surface area contributed by atoms with E-state index in [1.165, 1.54) is 0 Å². The number of hydrogen-bond donors (Lipinski definition) is 1. The van der Waals surface area contributed by atoms with Crippen LogP contribution in [0.2, 0.25) is 0 Å². The molecule has 2 rings (SSSR count). The highest BCUT2D eigenvalue weighted by Crippen LogP contribution is 2.01. The van der Waals surface area contributed by atoms with Crippen molar-refractivity contribution in [2.24, 2.45) is 0 Å². The molecular weight excluding hydrogens is 240 g/mol. The smallest absolute Gasteiger partial charge is 0.317 e. The van der Waals surface area contributed by atoms with E-state index in [0.29, 0.717) is 13.1 Å². The number of amides is 2. The predicted molar refractivity (Wildman–Crippen MR) is 72.2 cm³/mol. The molecule has 0 saturated carbocycles. The van der Waals surface area contributed by atoms with Crippen molar-refractivity contribution < 1.29 is 4.79 Å². The summed E-state index contributed by atoms with van der Waals surface area (Å²) >= 11 is 0. The summed E-state index contributed by atoms with van der Waals surface area (Å²) in [6.07, 6.45) is 5.17. The number of hydrogen-bond acceptors (Lipinski definition) is 3. The molecule has 0 fully saturated rings. The van der Waals surface area contributed by atoms with E-state index in [-0.39, 0.29) is 6.03 Å². The highest BCUT2D eigenvalue weighted by molar-refractivity contribution is 5.73. The number of urea groups is 1. The minimum absolute atomic E-state index is 0.130. The summed E-state index contributed by atoms with van der Waals surface area (Å²) in [5, 5.41) is 2.82. The van der Waals surface area contributed by atoms with Gasteiger partial charge in [-0.3, -0.25) is 9.97 Å². The first kappa shape index (κ1) is 13.0. The topological polar surface area (TPSA) is 58.1 Å². The fraction of sp³-hybridized carbons (Fsp3) is 0.214. The molecule has 2 aromatic rings. The molecule has 0 spiro atoms. The van der Waals surface area contributed by atoms with E-state index in [9.17, 15) is 4.79 Å². The Balaban J connectivity index is 1.83. The number of nitrogens with one attached hydrogen (secondary N) is 1. The lowest BCUT2D eigenvalue weighted by Gasteiger charge is -2.17. The van der Waals surface area contributed by atoms with Crippen LogP contribution < -0.4 is 5.32 Å². The molecule has 0 aliphatic heterocycles. The van der Waals surface area contributed by atoms with Crippen molar-refractivity contribution in [2.45, 2.75) is 13.1 Å². The molecule has 2 amide bonds. The molecular formula is C14H16N4O. The Bertz CT molecular complexity index is 515. The largest absolute Gasteiger partial charge is 0.332 e. The first-order valence-electron chi connectivity index (χ1n) is 6.03. The van der Waals surface area contributed by atoms with Gasteiger partial charge in [-0.2, -0.15) is 0 Å². The summed E-state index contributed by atoms with van der Waals surface area (Å²) in [6, 6.07) is 9.29. The zero-order valence-corrected chi connectivity index (χ0v) is 10.8. The van der Waals surface area contributed by atoms with Crippen LogP contribution in [0.4, 0.5) is 4.79 Å². The SMILES string of the molecule is CN(Cc1cccnc1)C(=O)NCc1ccccn1. The van der Waals surface area contributed by atoms with E-state index < -0.39 is 0 Å². The van der Waals surface area contributed by atoms with Crippen molar-refractivity contribution in [1.82, 2.24) is 20.2 Å². The third kappa shape index (κ3) is 4.06. The fourth-order valence-corrected chi connectivity index (χ4v) is 1.64. The molecule has 0 saturated heterocycles. The molecule has 19 heavy (non-hydrogen) atoms.